The minimum atomic E-state index is -0.0614. The molecule has 46 heavy (non-hydrogen) atoms. The number of hydrogen-bond donors (Lipinski definition) is 0. The number of nitrogens with zero attached hydrogens (tertiary/aromatic N) is 1. The molecule has 0 saturated heterocycles. The van der Waals surface area contributed by atoms with Crippen molar-refractivity contribution in [1.82, 2.24) is 4.98 Å². The van der Waals surface area contributed by atoms with Crippen LogP contribution in [0.15, 0.2) is 170 Å². The Bertz CT molecular complexity index is 2060. The maximum Gasteiger partial charge on any atom is 0.0166 e. The second-order valence-electron chi connectivity index (χ2n) is 12.0. The summed E-state index contributed by atoms with van der Waals surface area (Å²) < 4.78 is 0. The molecule has 0 spiro atoms. The van der Waals surface area contributed by atoms with Gasteiger partial charge in [-0.2, -0.15) is 0 Å². The van der Waals surface area contributed by atoms with Crippen molar-refractivity contribution in [2.45, 2.75) is 19.3 Å². The van der Waals surface area contributed by atoms with Crippen molar-refractivity contribution < 1.29 is 20.1 Å². The summed E-state index contributed by atoms with van der Waals surface area (Å²) in [5.74, 6) is 0. The Morgan fingerprint density at radius 3 is 1.54 bits per heavy atom. The molecule has 7 rings (SSSR count). The van der Waals surface area contributed by atoms with E-state index in [0.29, 0.717) is 0 Å². The average Bonchev–Trinajstić information content (AvgIpc) is 3.13. The molecule has 0 unspecified atom stereocenters. The molecule has 0 aliphatic carbocycles. The van der Waals surface area contributed by atoms with Crippen LogP contribution in [0, 0.1) is 6.07 Å². The molecule has 6 aromatic carbocycles. The zero-order valence-corrected chi connectivity index (χ0v) is 28.3. The van der Waals surface area contributed by atoms with Crippen LogP contribution in [-0.4, -0.2) is 4.98 Å². The van der Waals surface area contributed by atoms with Gasteiger partial charge in [-0.3, -0.25) is 0 Å². The second kappa shape index (κ2) is 13.6. The predicted octanol–water partition coefficient (Wildman–Crippen LogP) is 11.5. The molecule has 0 amide bonds. The normalized spacial score (nSPS) is 11.1. The fourth-order valence-corrected chi connectivity index (χ4v) is 6.04. The number of benzene rings is 6. The van der Waals surface area contributed by atoms with E-state index >= 15 is 0 Å². The van der Waals surface area contributed by atoms with Gasteiger partial charge in [-0.15, -0.1) is 35.4 Å². The molecule has 0 fully saturated rings. The van der Waals surface area contributed by atoms with Crippen LogP contribution < -0.4 is 0 Å². The first-order chi connectivity index (χ1) is 22.0. The summed E-state index contributed by atoms with van der Waals surface area (Å²) in [7, 11) is 0. The Balaban J connectivity index is 0.00000372. The summed E-state index contributed by atoms with van der Waals surface area (Å²) in [6, 6.07) is 61.7. The third kappa shape index (κ3) is 6.56. The largest absolute Gasteiger partial charge is 0.305 e. The van der Waals surface area contributed by atoms with Gasteiger partial charge in [0.2, 0.25) is 0 Å². The van der Waals surface area contributed by atoms with Gasteiger partial charge in [-0.25, -0.2) is 0 Å². The van der Waals surface area contributed by atoms with Gasteiger partial charge >= 0.3 is 0 Å². The molecule has 1 aromatic heterocycles. The molecule has 1 radical (unpaired) electrons. The summed E-state index contributed by atoms with van der Waals surface area (Å²) in [4.78, 5) is 4.74. The molecule has 0 bridgehead atoms. The fourth-order valence-electron chi connectivity index (χ4n) is 6.04. The van der Waals surface area contributed by atoms with Gasteiger partial charge in [0.1, 0.15) is 0 Å². The third-order valence-corrected chi connectivity index (χ3v) is 8.77. The smallest absolute Gasteiger partial charge is 0.0166 e. The predicted molar refractivity (Wildman–Crippen MR) is 189 cm³/mol. The molecular weight excluding hydrogens is 735 g/mol. The van der Waals surface area contributed by atoms with Crippen molar-refractivity contribution in [2.24, 2.45) is 0 Å². The first kappa shape index (κ1) is 31.1. The van der Waals surface area contributed by atoms with E-state index in [9.17, 15) is 0 Å². The van der Waals surface area contributed by atoms with Gasteiger partial charge in [-0.1, -0.05) is 141 Å². The van der Waals surface area contributed by atoms with Gasteiger partial charge in [0.05, 0.1) is 0 Å². The number of hydrogen-bond acceptors (Lipinski definition) is 1. The maximum absolute atomic E-state index is 4.74. The molecule has 225 valence electrons. The van der Waals surface area contributed by atoms with Crippen LogP contribution in [0.3, 0.4) is 0 Å². The van der Waals surface area contributed by atoms with E-state index in [1.807, 2.05) is 12.3 Å². The van der Waals surface area contributed by atoms with Crippen LogP contribution in [0.1, 0.15) is 25.0 Å². The van der Waals surface area contributed by atoms with Crippen molar-refractivity contribution in [3.63, 3.8) is 0 Å². The van der Waals surface area contributed by atoms with Crippen LogP contribution in [0.5, 0.6) is 0 Å². The Morgan fingerprint density at radius 1 is 0.435 bits per heavy atom. The number of aromatic nitrogens is 1. The fraction of sp³-hybridized carbons (Fsp3) is 0.0682. The minimum absolute atomic E-state index is 0. The SMILES string of the molecule is CC(C)(c1ccccc1)c1ccc(-c2cccc(-c3ccnc(-c4[c-]ccc(-c5cccc(-c6ccccc6)c5)c4)c3)c2)cc1.[Ir]. The zero-order valence-electron chi connectivity index (χ0n) is 25.9. The van der Waals surface area contributed by atoms with Gasteiger partial charge in [-0.05, 0) is 74.0 Å². The summed E-state index contributed by atoms with van der Waals surface area (Å²) in [5, 5.41) is 0. The molecule has 1 heterocycles. The second-order valence-corrected chi connectivity index (χ2v) is 12.0. The standard InChI is InChI=1S/C44H34N.Ir/c1-44(2,41-20-7-4-8-21-41)42-24-22-33(23-25-42)35-15-10-17-37(29-35)39-26-27-45-43(31-39)40-19-11-18-38(30-40)36-16-9-14-34(28-36)32-12-5-3-6-13-32;/h3-18,20-31H,1-2H3;/q-1;. The van der Waals surface area contributed by atoms with E-state index < -0.39 is 0 Å². The zero-order chi connectivity index (χ0) is 30.6. The van der Waals surface area contributed by atoms with Gasteiger partial charge in [0.25, 0.3) is 0 Å². The topological polar surface area (TPSA) is 12.9 Å². The van der Waals surface area contributed by atoms with E-state index in [4.69, 9.17) is 4.98 Å². The van der Waals surface area contributed by atoms with Gasteiger partial charge in [0, 0.05) is 31.7 Å². The molecule has 0 N–H and O–H groups in total. The van der Waals surface area contributed by atoms with Crippen molar-refractivity contribution in [2.75, 3.05) is 0 Å². The molecule has 2 heteroatoms. The van der Waals surface area contributed by atoms with Crippen molar-refractivity contribution >= 4 is 0 Å². The van der Waals surface area contributed by atoms with E-state index in [0.717, 1.165) is 27.9 Å². The van der Waals surface area contributed by atoms with Crippen molar-refractivity contribution in [3.05, 3.63) is 187 Å². The Hall–Kier alpha value is -4.88. The van der Waals surface area contributed by atoms with E-state index in [1.54, 1.807) is 0 Å². The first-order valence-corrected chi connectivity index (χ1v) is 15.5. The average molecular weight is 769 g/mol. The molecule has 1 nitrogen and oxygen atoms in total. The summed E-state index contributed by atoms with van der Waals surface area (Å²) in [6.45, 7) is 4.57. The Morgan fingerprint density at radius 2 is 0.913 bits per heavy atom. The van der Waals surface area contributed by atoms with Gasteiger partial charge < -0.3 is 4.98 Å². The summed E-state index contributed by atoms with van der Waals surface area (Å²) in [6.07, 6.45) is 1.90. The molecule has 0 saturated carbocycles. The molecule has 7 aromatic rings. The third-order valence-electron chi connectivity index (χ3n) is 8.77. The van der Waals surface area contributed by atoms with Crippen molar-refractivity contribution in [3.8, 4) is 55.8 Å². The van der Waals surface area contributed by atoms with Crippen molar-refractivity contribution in [1.29, 1.82) is 0 Å². The van der Waals surface area contributed by atoms with E-state index in [-0.39, 0.29) is 25.5 Å². The summed E-state index contributed by atoms with van der Waals surface area (Å²) in [5.41, 5.74) is 13.9. The van der Waals surface area contributed by atoms with Crippen LogP contribution in [0.4, 0.5) is 0 Å². The molecule has 0 aliphatic rings. The maximum atomic E-state index is 4.74. The Labute approximate surface area is 286 Å². The first-order valence-electron chi connectivity index (χ1n) is 15.5. The quantitative estimate of drug-likeness (QED) is 0.147. The molecule has 0 aliphatic heterocycles. The minimum Gasteiger partial charge on any atom is -0.305 e. The van der Waals surface area contributed by atoms with Crippen LogP contribution in [0.2, 0.25) is 0 Å². The summed E-state index contributed by atoms with van der Waals surface area (Å²) >= 11 is 0. The van der Waals surface area contributed by atoms with Crippen LogP contribution in [-0.2, 0) is 25.5 Å². The van der Waals surface area contributed by atoms with E-state index in [2.05, 4.69) is 178 Å². The van der Waals surface area contributed by atoms with E-state index in [1.165, 1.54) is 38.9 Å². The van der Waals surface area contributed by atoms with Gasteiger partial charge in [0.15, 0.2) is 0 Å². The number of pyridine rings is 1. The monoisotopic (exact) mass is 769 g/mol. The van der Waals surface area contributed by atoms with Crippen LogP contribution in [0.25, 0.3) is 55.8 Å². The molecule has 0 atom stereocenters. The van der Waals surface area contributed by atoms with Crippen LogP contribution >= 0.6 is 0 Å². The Kier molecular flexibility index (Phi) is 9.22. The number of rotatable bonds is 7. The molecular formula is C44H34IrN-.